The van der Waals surface area contributed by atoms with Crippen LogP contribution < -0.4 is 10.6 Å². The number of hydrogen-bond donors (Lipinski definition) is 2. The summed E-state index contributed by atoms with van der Waals surface area (Å²) in [6.07, 6.45) is 0. The number of hydrogen-bond acceptors (Lipinski definition) is 2. The molecular formula is C11H15N3O2. The number of carbonyl (C=O) groups is 2. The van der Waals surface area contributed by atoms with Crippen molar-refractivity contribution in [3.05, 3.63) is 30.3 Å². The summed E-state index contributed by atoms with van der Waals surface area (Å²) in [5, 5.41) is 4.77. The van der Waals surface area contributed by atoms with Gasteiger partial charge in [-0.3, -0.25) is 5.32 Å². The lowest BCUT2D eigenvalue weighted by Gasteiger charge is -2.14. The molecule has 0 fully saturated rings. The zero-order chi connectivity index (χ0) is 12.0. The number of para-hydroxylation sites is 1. The topological polar surface area (TPSA) is 61.4 Å². The minimum absolute atomic E-state index is 0.420. The fourth-order valence-electron chi connectivity index (χ4n) is 1.02. The second-order valence-electron chi connectivity index (χ2n) is 3.26. The quantitative estimate of drug-likeness (QED) is 0.801. The minimum atomic E-state index is -0.531. The maximum atomic E-state index is 11.4. The number of anilines is 1. The molecule has 0 atom stereocenters. The van der Waals surface area contributed by atoms with Gasteiger partial charge in [-0.2, -0.15) is 0 Å². The Hall–Kier alpha value is -2.04. The number of carbonyl (C=O) groups excluding carboxylic acids is 2. The second-order valence-corrected chi connectivity index (χ2v) is 3.26. The number of nitrogens with zero attached hydrogens (tertiary/aromatic N) is 1. The van der Waals surface area contributed by atoms with Crippen molar-refractivity contribution >= 4 is 17.7 Å². The summed E-state index contributed by atoms with van der Waals surface area (Å²) >= 11 is 0. The predicted octanol–water partition coefficient (Wildman–Crippen LogP) is 1.88. The second kappa shape index (κ2) is 5.75. The maximum absolute atomic E-state index is 11.4. The first-order valence-corrected chi connectivity index (χ1v) is 5.01. The molecule has 5 heteroatoms. The summed E-state index contributed by atoms with van der Waals surface area (Å²) < 4.78 is 0. The van der Waals surface area contributed by atoms with Crippen LogP contribution in [0.15, 0.2) is 30.3 Å². The normalized spacial score (nSPS) is 9.38. The molecule has 0 saturated heterocycles. The standard InChI is InChI=1S/C11H15N3O2/c1-3-14(2)11(16)13-10(15)12-9-7-5-4-6-8-9/h4-8H,3H2,1-2H3,(H2,12,13,15,16). The van der Waals surface area contributed by atoms with Gasteiger partial charge in [0.15, 0.2) is 0 Å². The fourth-order valence-corrected chi connectivity index (χ4v) is 1.02. The van der Waals surface area contributed by atoms with Crippen molar-refractivity contribution in [2.24, 2.45) is 0 Å². The molecule has 0 aromatic heterocycles. The Labute approximate surface area is 94.4 Å². The Balaban J connectivity index is 2.46. The Morgan fingerprint density at radius 2 is 1.88 bits per heavy atom. The lowest BCUT2D eigenvalue weighted by molar-refractivity contribution is 0.209. The van der Waals surface area contributed by atoms with Crippen molar-refractivity contribution < 1.29 is 9.59 Å². The number of imide groups is 1. The van der Waals surface area contributed by atoms with Gasteiger partial charge in [0.25, 0.3) is 0 Å². The van der Waals surface area contributed by atoms with E-state index in [1.807, 2.05) is 13.0 Å². The van der Waals surface area contributed by atoms with Gasteiger partial charge in [0.05, 0.1) is 0 Å². The molecule has 0 radical (unpaired) electrons. The molecule has 0 bridgehead atoms. The van der Waals surface area contributed by atoms with Gasteiger partial charge in [-0.1, -0.05) is 18.2 Å². The van der Waals surface area contributed by atoms with Crippen molar-refractivity contribution in [1.82, 2.24) is 10.2 Å². The molecule has 0 unspecified atom stereocenters. The summed E-state index contributed by atoms with van der Waals surface area (Å²) in [5.41, 5.74) is 0.645. The largest absolute Gasteiger partial charge is 0.328 e. The van der Waals surface area contributed by atoms with Crippen LogP contribution in [-0.4, -0.2) is 30.6 Å². The van der Waals surface area contributed by atoms with E-state index in [9.17, 15) is 9.59 Å². The van der Waals surface area contributed by atoms with Crippen LogP contribution in [0.4, 0.5) is 15.3 Å². The zero-order valence-electron chi connectivity index (χ0n) is 9.36. The first kappa shape index (κ1) is 12.0. The molecular weight excluding hydrogens is 206 g/mol. The zero-order valence-corrected chi connectivity index (χ0v) is 9.36. The van der Waals surface area contributed by atoms with Gasteiger partial charge in [-0.25, -0.2) is 9.59 Å². The molecule has 86 valence electrons. The number of nitrogens with one attached hydrogen (secondary N) is 2. The van der Waals surface area contributed by atoms with E-state index in [0.29, 0.717) is 12.2 Å². The molecule has 0 aliphatic heterocycles. The molecule has 4 amide bonds. The van der Waals surface area contributed by atoms with Crippen LogP contribution in [0.5, 0.6) is 0 Å². The van der Waals surface area contributed by atoms with E-state index in [2.05, 4.69) is 10.6 Å². The van der Waals surface area contributed by atoms with Crippen molar-refractivity contribution in [3.8, 4) is 0 Å². The van der Waals surface area contributed by atoms with Gasteiger partial charge in [0, 0.05) is 19.3 Å². The van der Waals surface area contributed by atoms with Crippen LogP contribution in [0.2, 0.25) is 0 Å². The molecule has 0 aliphatic rings. The van der Waals surface area contributed by atoms with Crippen LogP contribution in [0.3, 0.4) is 0 Å². The molecule has 1 aromatic carbocycles. The lowest BCUT2D eigenvalue weighted by atomic mass is 10.3. The average Bonchev–Trinajstić information content (AvgIpc) is 2.29. The van der Waals surface area contributed by atoms with E-state index >= 15 is 0 Å². The maximum Gasteiger partial charge on any atom is 0.327 e. The van der Waals surface area contributed by atoms with E-state index in [0.717, 1.165) is 0 Å². The van der Waals surface area contributed by atoms with E-state index in [1.165, 1.54) is 4.90 Å². The minimum Gasteiger partial charge on any atom is -0.328 e. The third kappa shape index (κ3) is 3.61. The summed E-state index contributed by atoms with van der Waals surface area (Å²) in [4.78, 5) is 24.1. The van der Waals surface area contributed by atoms with Gasteiger partial charge < -0.3 is 10.2 Å². The highest BCUT2D eigenvalue weighted by molar-refractivity contribution is 6.00. The molecule has 0 aliphatic carbocycles. The van der Waals surface area contributed by atoms with E-state index in [4.69, 9.17) is 0 Å². The summed E-state index contributed by atoms with van der Waals surface area (Å²) in [5.74, 6) is 0. The third-order valence-electron chi connectivity index (χ3n) is 2.07. The molecule has 2 N–H and O–H groups in total. The van der Waals surface area contributed by atoms with Crippen LogP contribution in [0.1, 0.15) is 6.92 Å². The van der Waals surface area contributed by atoms with Crippen molar-refractivity contribution in [2.45, 2.75) is 6.92 Å². The van der Waals surface area contributed by atoms with Gasteiger partial charge >= 0.3 is 12.1 Å². The molecule has 16 heavy (non-hydrogen) atoms. The number of benzene rings is 1. The summed E-state index contributed by atoms with van der Waals surface area (Å²) in [6, 6.07) is 7.98. The van der Waals surface area contributed by atoms with Crippen LogP contribution in [0.25, 0.3) is 0 Å². The van der Waals surface area contributed by atoms with Crippen LogP contribution >= 0.6 is 0 Å². The van der Waals surface area contributed by atoms with Crippen LogP contribution in [-0.2, 0) is 0 Å². The fraction of sp³-hybridized carbons (Fsp3) is 0.273. The van der Waals surface area contributed by atoms with Gasteiger partial charge in [0.2, 0.25) is 0 Å². The molecule has 0 spiro atoms. The van der Waals surface area contributed by atoms with E-state index in [-0.39, 0.29) is 0 Å². The molecule has 0 saturated carbocycles. The summed E-state index contributed by atoms with van der Waals surface area (Å²) in [6.45, 7) is 2.37. The monoisotopic (exact) mass is 221 g/mol. The number of rotatable bonds is 2. The number of urea groups is 2. The Morgan fingerprint density at radius 3 is 2.44 bits per heavy atom. The molecule has 5 nitrogen and oxygen atoms in total. The molecule has 1 rings (SSSR count). The van der Waals surface area contributed by atoms with Gasteiger partial charge in [-0.05, 0) is 19.1 Å². The van der Waals surface area contributed by atoms with Crippen molar-refractivity contribution in [1.29, 1.82) is 0 Å². The smallest absolute Gasteiger partial charge is 0.327 e. The first-order chi connectivity index (χ1) is 7.63. The first-order valence-electron chi connectivity index (χ1n) is 5.01. The average molecular weight is 221 g/mol. The summed E-state index contributed by atoms with van der Waals surface area (Å²) in [7, 11) is 1.62. The van der Waals surface area contributed by atoms with Crippen molar-refractivity contribution in [3.63, 3.8) is 0 Å². The van der Waals surface area contributed by atoms with E-state index in [1.54, 1.807) is 31.3 Å². The highest BCUT2D eigenvalue weighted by Gasteiger charge is 2.10. The Kier molecular flexibility index (Phi) is 4.32. The van der Waals surface area contributed by atoms with Gasteiger partial charge in [0.1, 0.15) is 0 Å². The predicted molar refractivity (Wildman–Crippen MR) is 62.3 cm³/mol. The molecule has 1 aromatic rings. The third-order valence-corrected chi connectivity index (χ3v) is 2.07. The number of amides is 4. The Bertz CT molecular complexity index is 365. The lowest BCUT2D eigenvalue weighted by Crippen LogP contribution is -2.42. The highest BCUT2D eigenvalue weighted by Crippen LogP contribution is 2.04. The SMILES string of the molecule is CCN(C)C(=O)NC(=O)Nc1ccccc1. The van der Waals surface area contributed by atoms with Crippen LogP contribution in [0, 0.1) is 0 Å². The Morgan fingerprint density at radius 1 is 1.25 bits per heavy atom. The van der Waals surface area contributed by atoms with E-state index < -0.39 is 12.1 Å². The highest BCUT2D eigenvalue weighted by atomic mass is 16.2. The van der Waals surface area contributed by atoms with Gasteiger partial charge in [-0.15, -0.1) is 0 Å². The molecule has 0 heterocycles. The van der Waals surface area contributed by atoms with Crippen molar-refractivity contribution in [2.75, 3.05) is 18.9 Å².